The van der Waals surface area contributed by atoms with Crippen molar-refractivity contribution in [1.29, 1.82) is 0 Å². The third-order valence-electron chi connectivity index (χ3n) is 3.83. The highest BCUT2D eigenvalue weighted by Crippen LogP contribution is 2.29. The minimum atomic E-state index is -0.578. The van der Waals surface area contributed by atoms with Crippen molar-refractivity contribution in [3.05, 3.63) is 33.0 Å². The van der Waals surface area contributed by atoms with Crippen LogP contribution in [0.25, 0.3) is 10.8 Å². The first-order valence-corrected chi connectivity index (χ1v) is 7.91. The van der Waals surface area contributed by atoms with Crippen LogP contribution in [0.5, 0.6) is 5.88 Å². The quantitative estimate of drug-likeness (QED) is 0.799. The number of halogens is 1. The van der Waals surface area contributed by atoms with E-state index in [4.69, 9.17) is 4.74 Å². The van der Waals surface area contributed by atoms with Crippen LogP contribution in [0.1, 0.15) is 12.8 Å². The van der Waals surface area contributed by atoms with Gasteiger partial charge in [-0.15, -0.1) is 5.10 Å². The Morgan fingerprint density at radius 1 is 1.43 bits per heavy atom. The van der Waals surface area contributed by atoms with Crippen molar-refractivity contribution in [2.24, 2.45) is 0 Å². The van der Waals surface area contributed by atoms with Crippen molar-refractivity contribution in [1.82, 2.24) is 9.78 Å². The molecular formula is C15H15BrN2O5. The van der Waals surface area contributed by atoms with Crippen LogP contribution in [0.15, 0.2) is 27.5 Å². The molecular weight excluding hydrogens is 368 g/mol. The van der Waals surface area contributed by atoms with Gasteiger partial charge in [-0.25, -0.2) is 4.68 Å². The Kier molecular flexibility index (Phi) is 4.36. The van der Waals surface area contributed by atoms with E-state index in [0.29, 0.717) is 23.6 Å². The molecule has 3 rings (SSSR count). The minimum Gasteiger partial charge on any atom is -0.470 e. The molecule has 122 valence electrons. The fraction of sp³-hybridized carbons (Fsp3) is 0.400. The summed E-state index contributed by atoms with van der Waals surface area (Å²) in [6.45, 7) is -0.301. The number of hydrogen-bond donors (Lipinski definition) is 1. The van der Waals surface area contributed by atoms with Gasteiger partial charge in [-0.2, -0.15) is 0 Å². The lowest BCUT2D eigenvalue weighted by molar-refractivity contribution is -0.141. The van der Waals surface area contributed by atoms with Crippen LogP contribution in [-0.4, -0.2) is 40.2 Å². The Balaban J connectivity index is 2.10. The molecule has 1 N–H and O–H groups in total. The second-order valence-electron chi connectivity index (χ2n) is 5.33. The molecule has 0 aliphatic heterocycles. The van der Waals surface area contributed by atoms with E-state index in [0.717, 1.165) is 9.15 Å². The molecule has 23 heavy (non-hydrogen) atoms. The molecule has 0 spiro atoms. The molecule has 2 aromatic rings. The molecule has 0 radical (unpaired) electrons. The van der Waals surface area contributed by atoms with Gasteiger partial charge in [-0.3, -0.25) is 9.59 Å². The molecule has 1 saturated carbocycles. The normalized spacial score (nSPS) is 20.1. The van der Waals surface area contributed by atoms with Gasteiger partial charge >= 0.3 is 5.97 Å². The molecule has 1 fully saturated rings. The molecule has 1 aromatic heterocycles. The van der Waals surface area contributed by atoms with E-state index in [-0.39, 0.29) is 18.5 Å². The molecule has 1 aliphatic carbocycles. The summed E-state index contributed by atoms with van der Waals surface area (Å²) in [5.74, 6) is -0.362. The van der Waals surface area contributed by atoms with Crippen molar-refractivity contribution in [2.75, 3.05) is 7.11 Å². The summed E-state index contributed by atoms with van der Waals surface area (Å²) in [5.41, 5.74) is -0.403. The second-order valence-corrected chi connectivity index (χ2v) is 6.25. The number of carbonyl (C=O) groups is 1. The summed E-state index contributed by atoms with van der Waals surface area (Å²) in [6.07, 6.45) is 0.497. The Morgan fingerprint density at radius 2 is 2.22 bits per heavy atom. The summed E-state index contributed by atoms with van der Waals surface area (Å²) < 4.78 is 12.1. The summed E-state index contributed by atoms with van der Waals surface area (Å²) in [5, 5.41) is 14.8. The number of benzene rings is 1. The van der Waals surface area contributed by atoms with Crippen LogP contribution in [0.4, 0.5) is 0 Å². The number of aliphatic hydroxyl groups excluding tert-OH is 1. The lowest BCUT2D eigenvalue weighted by Crippen LogP contribution is -2.42. The molecule has 1 heterocycles. The van der Waals surface area contributed by atoms with Gasteiger partial charge in [-0.05, 0) is 31.0 Å². The first kappa shape index (κ1) is 15.9. The van der Waals surface area contributed by atoms with E-state index in [1.807, 2.05) is 0 Å². The molecule has 0 amide bonds. The van der Waals surface area contributed by atoms with Crippen molar-refractivity contribution in [2.45, 2.75) is 31.6 Å². The number of ether oxygens (including phenoxy) is 2. The number of rotatable bonds is 4. The standard InChI is InChI=1S/C15H15BrN2O5/c1-22-13(20)7-18-15(21)9-3-2-8(16)6-10(9)14(17-18)23-12-5-4-11(12)19/h2-3,6,11-12,19H,4-5,7H2,1H3. The van der Waals surface area contributed by atoms with E-state index in [1.54, 1.807) is 18.2 Å². The zero-order valence-corrected chi connectivity index (χ0v) is 13.9. The zero-order chi connectivity index (χ0) is 16.6. The van der Waals surface area contributed by atoms with Crippen molar-refractivity contribution in [3.63, 3.8) is 0 Å². The van der Waals surface area contributed by atoms with Gasteiger partial charge < -0.3 is 14.6 Å². The number of fused-ring (bicyclic) bond motifs is 1. The molecule has 0 bridgehead atoms. The van der Waals surface area contributed by atoms with Crippen molar-refractivity contribution >= 4 is 32.7 Å². The molecule has 0 saturated heterocycles. The zero-order valence-electron chi connectivity index (χ0n) is 12.4. The number of aromatic nitrogens is 2. The number of aliphatic hydroxyl groups is 1. The largest absolute Gasteiger partial charge is 0.470 e. The lowest BCUT2D eigenvalue weighted by atomic mass is 9.92. The molecule has 2 atom stereocenters. The number of esters is 1. The van der Waals surface area contributed by atoms with Crippen LogP contribution in [0.2, 0.25) is 0 Å². The van der Waals surface area contributed by atoms with E-state index < -0.39 is 17.6 Å². The van der Waals surface area contributed by atoms with Gasteiger partial charge in [0.2, 0.25) is 5.88 Å². The Hall–Kier alpha value is -1.93. The van der Waals surface area contributed by atoms with E-state index in [1.165, 1.54) is 7.11 Å². The Labute approximate surface area is 139 Å². The van der Waals surface area contributed by atoms with Gasteiger partial charge in [0, 0.05) is 4.47 Å². The highest BCUT2D eigenvalue weighted by molar-refractivity contribution is 9.10. The van der Waals surface area contributed by atoms with Gasteiger partial charge in [0.05, 0.1) is 24.0 Å². The Morgan fingerprint density at radius 3 is 2.83 bits per heavy atom. The van der Waals surface area contributed by atoms with Gasteiger partial charge in [0.15, 0.2) is 0 Å². The smallest absolute Gasteiger partial charge is 0.327 e. The van der Waals surface area contributed by atoms with E-state index >= 15 is 0 Å². The summed E-state index contributed by atoms with van der Waals surface area (Å²) in [6, 6.07) is 5.10. The molecule has 1 aromatic carbocycles. The Bertz CT molecular complexity index is 819. The summed E-state index contributed by atoms with van der Waals surface area (Å²) >= 11 is 3.35. The van der Waals surface area contributed by atoms with E-state index in [9.17, 15) is 14.7 Å². The molecule has 8 heteroatoms. The number of methoxy groups -OCH3 is 1. The maximum absolute atomic E-state index is 12.4. The van der Waals surface area contributed by atoms with Crippen LogP contribution in [-0.2, 0) is 16.1 Å². The SMILES string of the molecule is COC(=O)Cn1nc(OC2CCC2O)c2cc(Br)ccc2c1=O. The maximum Gasteiger partial charge on any atom is 0.327 e. The third-order valence-corrected chi connectivity index (χ3v) is 4.33. The fourth-order valence-corrected chi connectivity index (χ4v) is 2.70. The predicted octanol–water partition coefficient (Wildman–Crippen LogP) is 1.23. The summed E-state index contributed by atoms with van der Waals surface area (Å²) in [7, 11) is 1.24. The van der Waals surface area contributed by atoms with E-state index in [2.05, 4.69) is 25.8 Å². The van der Waals surface area contributed by atoms with Crippen LogP contribution >= 0.6 is 15.9 Å². The monoisotopic (exact) mass is 382 g/mol. The average Bonchev–Trinajstić information content (AvgIpc) is 2.54. The number of nitrogens with zero attached hydrogens (tertiary/aromatic N) is 2. The molecule has 7 nitrogen and oxygen atoms in total. The van der Waals surface area contributed by atoms with Gasteiger partial charge in [0.1, 0.15) is 12.6 Å². The summed E-state index contributed by atoms with van der Waals surface area (Å²) in [4.78, 5) is 23.9. The third kappa shape index (κ3) is 3.09. The highest BCUT2D eigenvalue weighted by Gasteiger charge is 2.32. The van der Waals surface area contributed by atoms with Gasteiger partial charge in [-0.1, -0.05) is 15.9 Å². The van der Waals surface area contributed by atoms with Crippen LogP contribution < -0.4 is 10.3 Å². The highest BCUT2D eigenvalue weighted by atomic mass is 79.9. The minimum absolute atomic E-state index is 0.216. The maximum atomic E-state index is 12.4. The first-order valence-electron chi connectivity index (χ1n) is 7.11. The average molecular weight is 383 g/mol. The van der Waals surface area contributed by atoms with Crippen molar-refractivity contribution in [3.8, 4) is 5.88 Å². The van der Waals surface area contributed by atoms with Crippen LogP contribution in [0.3, 0.4) is 0 Å². The predicted molar refractivity (Wildman–Crippen MR) is 85.4 cm³/mol. The van der Waals surface area contributed by atoms with Gasteiger partial charge in [0.25, 0.3) is 5.56 Å². The first-order chi connectivity index (χ1) is 11.0. The lowest BCUT2D eigenvalue weighted by Gasteiger charge is -2.32. The fourth-order valence-electron chi connectivity index (χ4n) is 2.34. The molecule has 1 aliphatic rings. The van der Waals surface area contributed by atoms with Crippen LogP contribution in [0, 0.1) is 0 Å². The number of hydrogen-bond acceptors (Lipinski definition) is 6. The number of carbonyl (C=O) groups excluding carboxylic acids is 1. The van der Waals surface area contributed by atoms with Crippen molar-refractivity contribution < 1.29 is 19.4 Å². The topological polar surface area (TPSA) is 90.7 Å². The second kappa shape index (κ2) is 6.29. The molecule has 2 unspecified atom stereocenters.